The number of hydrogen-bond acceptors (Lipinski definition) is 3. The molecule has 4 saturated carbocycles. The molecule has 3 heteroatoms. The smallest absolute Gasteiger partial charge is 0.137 e. The van der Waals surface area contributed by atoms with Crippen LogP contribution in [-0.2, 0) is 9.59 Å². The van der Waals surface area contributed by atoms with Gasteiger partial charge in [-0.1, -0.05) is 13.8 Å². The highest BCUT2D eigenvalue weighted by Crippen LogP contribution is 2.65. The highest BCUT2D eigenvalue weighted by molar-refractivity contribution is 5.90. The Bertz CT molecular complexity index is 527. The lowest BCUT2D eigenvalue weighted by atomic mass is 9.45. The number of rotatable bonds is 0. The molecule has 0 saturated heterocycles. The highest BCUT2D eigenvalue weighted by Gasteiger charge is 2.62. The summed E-state index contributed by atoms with van der Waals surface area (Å²) in [7, 11) is 0. The van der Waals surface area contributed by atoms with Crippen LogP contribution in [0.5, 0.6) is 0 Å². The molecule has 0 aromatic rings. The molecule has 0 spiro atoms. The van der Waals surface area contributed by atoms with E-state index in [1.54, 1.807) is 0 Å². The summed E-state index contributed by atoms with van der Waals surface area (Å²) in [6.07, 6.45) is 6.71. The van der Waals surface area contributed by atoms with Crippen LogP contribution in [0.15, 0.2) is 0 Å². The molecular formula is C19H28O3. The summed E-state index contributed by atoms with van der Waals surface area (Å²) in [6, 6.07) is 0. The van der Waals surface area contributed by atoms with Crippen LogP contribution < -0.4 is 0 Å². The first-order valence-electron chi connectivity index (χ1n) is 9.09. The molecule has 4 aliphatic carbocycles. The van der Waals surface area contributed by atoms with Crippen LogP contribution in [0.4, 0.5) is 0 Å². The van der Waals surface area contributed by atoms with Gasteiger partial charge in [-0.25, -0.2) is 0 Å². The number of carbonyl (C=O) groups excluding carboxylic acids is 2. The van der Waals surface area contributed by atoms with Gasteiger partial charge in [0.25, 0.3) is 0 Å². The van der Waals surface area contributed by atoms with Gasteiger partial charge in [0.15, 0.2) is 0 Å². The van der Waals surface area contributed by atoms with Gasteiger partial charge in [0, 0.05) is 25.2 Å². The molecule has 0 aliphatic heterocycles. The molecule has 22 heavy (non-hydrogen) atoms. The monoisotopic (exact) mass is 304 g/mol. The Morgan fingerprint density at radius 3 is 2.45 bits per heavy atom. The van der Waals surface area contributed by atoms with Gasteiger partial charge in [0.05, 0.1) is 6.10 Å². The van der Waals surface area contributed by atoms with E-state index in [0.717, 1.165) is 32.1 Å². The predicted octanol–water partition coefficient (Wildman–Crippen LogP) is 3.14. The summed E-state index contributed by atoms with van der Waals surface area (Å²) in [5.41, 5.74) is 0.0535. The number of aliphatic hydroxyl groups excluding tert-OH is 1. The second kappa shape index (κ2) is 4.66. The average Bonchev–Trinajstić information content (AvgIpc) is 2.77. The second-order valence-corrected chi connectivity index (χ2v) is 8.99. The maximum absolute atomic E-state index is 12.8. The number of hydrogen-bond donors (Lipinski definition) is 1. The fraction of sp³-hybridized carbons (Fsp3) is 0.895. The van der Waals surface area contributed by atoms with Crippen molar-refractivity contribution in [2.75, 3.05) is 0 Å². The molecule has 0 aromatic heterocycles. The Hall–Kier alpha value is -0.700. The summed E-state index contributed by atoms with van der Waals surface area (Å²) < 4.78 is 0. The van der Waals surface area contributed by atoms with Crippen molar-refractivity contribution < 1.29 is 14.7 Å². The topological polar surface area (TPSA) is 54.4 Å². The van der Waals surface area contributed by atoms with E-state index in [1.165, 1.54) is 0 Å². The maximum Gasteiger partial charge on any atom is 0.137 e. The van der Waals surface area contributed by atoms with Crippen LogP contribution in [0.25, 0.3) is 0 Å². The van der Waals surface area contributed by atoms with E-state index >= 15 is 0 Å². The third-order valence-electron chi connectivity index (χ3n) is 8.23. The number of fused-ring (bicyclic) bond motifs is 5. The van der Waals surface area contributed by atoms with E-state index in [4.69, 9.17) is 0 Å². The second-order valence-electron chi connectivity index (χ2n) is 8.99. The number of aliphatic hydroxyl groups is 1. The molecule has 1 N–H and O–H groups in total. The molecule has 7 atom stereocenters. The standard InChI is InChI=1S/C19H28O3/c1-18-7-5-11(20)9-15(18)16(21)10-12-13-3-4-17(22)19(13,2)8-6-14(12)18/h12-15,17,22H,3-10H2,1-2H3/t12-,13-,14-,15-,17+,18+,19-/m0/s1. The van der Waals surface area contributed by atoms with E-state index in [0.29, 0.717) is 42.8 Å². The zero-order valence-electron chi connectivity index (χ0n) is 13.8. The van der Waals surface area contributed by atoms with Gasteiger partial charge < -0.3 is 5.11 Å². The molecule has 0 radical (unpaired) electrons. The van der Waals surface area contributed by atoms with Gasteiger partial charge in [0.1, 0.15) is 11.6 Å². The molecule has 4 fully saturated rings. The zero-order valence-corrected chi connectivity index (χ0v) is 13.8. The van der Waals surface area contributed by atoms with Crippen molar-refractivity contribution in [1.82, 2.24) is 0 Å². The average molecular weight is 304 g/mol. The molecule has 0 amide bonds. The van der Waals surface area contributed by atoms with Gasteiger partial charge >= 0.3 is 0 Å². The Labute approximate surface area is 132 Å². The lowest BCUT2D eigenvalue weighted by molar-refractivity contribution is -0.160. The van der Waals surface area contributed by atoms with Gasteiger partial charge in [-0.2, -0.15) is 0 Å². The summed E-state index contributed by atoms with van der Waals surface area (Å²) in [5, 5.41) is 10.4. The van der Waals surface area contributed by atoms with Gasteiger partial charge in [0.2, 0.25) is 0 Å². The first-order valence-corrected chi connectivity index (χ1v) is 9.09. The van der Waals surface area contributed by atoms with Crippen molar-refractivity contribution in [3.63, 3.8) is 0 Å². The van der Waals surface area contributed by atoms with E-state index < -0.39 is 0 Å². The van der Waals surface area contributed by atoms with Crippen LogP contribution in [0, 0.1) is 34.5 Å². The predicted molar refractivity (Wildman–Crippen MR) is 83.1 cm³/mol. The molecule has 0 aromatic carbocycles. The fourth-order valence-electron chi connectivity index (χ4n) is 6.81. The van der Waals surface area contributed by atoms with Gasteiger partial charge in [-0.05, 0) is 60.7 Å². The Balaban J connectivity index is 1.69. The molecule has 4 aliphatic rings. The van der Waals surface area contributed by atoms with E-state index in [2.05, 4.69) is 13.8 Å². The minimum atomic E-state index is -0.188. The minimum Gasteiger partial charge on any atom is -0.393 e. The molecular weight excluding hydrogens is 276 g/mol. The molecule has 122 valence electrons. The summed E-state index contributed by atoms with van der Waals surface area (Å²) in [6.45, 7) is 4.53. The van der Waals surface area contributed by atoms with Crippen LogP contribution in [-0.4, -0.2) is 22.8 Å². The molecule has 0 heterocycles. The largest absolute Gasteiger partial charge is 0.393 e. The summed E-state index contributed by atoms with van der Waals surface area (Å²) >= 11 is 0. The Kier molecular flexibility index (Phi) is 3.15. The van der Waals surface area contributed by atoms with Crippen LogP contribution >= 0.6 is 0 Å². The molecule has 4 rings (SSSR count). The van der Waals surface area contributed by atoms with E-state index in [1.807, 2.05) is 0 Å². The van der Waals surface area contributed by atoms with Gasteiger partial charge in [-0.3, -0.25) is 9.59 Å². The van der Waals surface area contributed by atoms with Crippen molar-refractivity contribution in [3.8, 4) is 0 Å². The fourth-order valence-corrected chi connectivity index (χ4v) is 6.81. The zero-order chi connectivity index (χ0) is 15.7. The van der Waals surface area contributed by atoms with Crippen molar-refractivity contribution in [2.45, 2.75) is 71.3 Å². The highest BCUT2D eigenvalue weighted by atomic mass is 16.3. The minimum absolute atomic E-state index is 0.0225. The molecule has 3 nitrogen and oxygen atoms in total. The Morgan fingerprint density at radius 1 is 0.955 bits per heavy atom. The van der Waals surface area contributed by atoms with Crippen molar-refractivity contribution >= 4 is 11.6 Å². The van der Waals surface area contributed by atoms with Crippen molar-refractivity contribution in [2.24, 2.45) is 34.5 Å². The number of ketones is 2. The third-order valence-corrected chi connectivity index (χ3v) is 8.23. The summed E-state index contributed by atoms with van der Waals surface area (Å²) in [4.78, 5) is 24.7. The lowest BCUT2D eigenvalue weighted by Crippen LogP contribution is -2.57. The van der Waals surface area contributed by atoms with Gasteiger partial charge in [-0.15, -0.1) is 0 Å². The van der Waals surface area contributed by atoms with Crippen LogP contribution in [0.2, 0.25) is 0 Å². The van der Waals surface area contributed by atoms with E-state index in [-0.39, 0.29) is 28.6 Å². The van der Waals surface area contributed by atoms with Crippen LogP contribution in [0.1, 0.15) is 65.2 Å². The van der Waals surface area contributed by atoms with Crippen LogP contribution in [0.3, 0.4) is 0 Å². The number of carbonyl (C=O) groups is 2. The Morgan fingerprint density at radius 2 is 1.68 bits per heavy atom. The number of Topliss-reactive ketones (excluding diaryl/α,β-unsaturated/α-hetero) is 2. The summed E-state index contributed by atoms with van der Waals surface area (Å²) in [5.74, 6) is 2.12. The normalized spacial score (nSPS) is 54.6. The van der Waals surface area contributed by atoms with E-state index in [9.17, 15) is 14.7 Å². The molecule has 0 bridgehead atoms. The SMILES string of the molecule is C[C@]12CCC(=O)C[C@H]1C(=O)C[C@@H]1[C@@H]2CC[C@]2(C)[C@H](O)CC[C@@H]12. The lowest BCUT2D eigenvalue weighted by Gasteiger charge is -2.59. The quantitative estimate of drug-likeness (QED) is 0.748. The third kappa shape index (κ3) is 1.78. The van der Waals surface area contributed by atoms with Crippen molar-refractivity contribution in [1.29, 1.82) is 0 Å². The first kappa shape index (κ1) is 14.9. The van der Waals surface area contributed by atoms with Crippen molar-refractivity contribution in [3.05, 3.63) is 0 Å². The molecule has 0 unspecified atom stereocenters. The maximum atomic E-state index is 12.8. The first-order chi connectivity index (χ1) is 10.4.